The second kappa shape index (κ2) is 27.5. The molecule has 6 aromatic carbocycles. The number of benzene rings is 6. The van der Waals surface area contributed by atoms with Crippen LogP contribution in [0, 0.1) is 13.8 Å². The highest BCUT2D eigenvalue weighted by molar-refractivity contribution is 5.79. The van der Waals surface area contributed by atoms with Gasteiger partial charge < -0.3 is 37.6 Å². The lowest BCUT2D eigenvalue weighted by Crippen LogP contribution is -2.37. The zero-order chi connectivity index (χ0) is 54.5. The smallest absolute Gasteiger partial charge is 0.416 e. The number of hydrogen-bond acceptors (Lipinski definition) is 13. The number of carbonyl (C=O) groups excluding carboxylic acids is 3. The third-order valence-corrected chi connectivity index (χ3v) is 11.7. The van der Waals surface area contributed by atoms with Crippen LogP contribution >= 0.6 is 0 Å². The molecule has 0 saturated heterocycles. The van der Waals surface area contributed by atoms with E-state index in [0.29, 0.717) is 47.6 Å². The molecule has 0 aliphatic rings. The largest absolute Gasteiger partial charge is 0.497 e. The fraction of sp³-hybridized carbons (Fsp3) is 0.180. The minimum Gasteiger partial charge on any atom is -0.497 e. The van der Waals surface area contributed by atoms with Crippen LogP contribution < -0.4 is 18.9 Å². The summed E-state index contributed by atoms with van der Waals surface area (Å²) in [6.07, 6.45) is 7.87. The minimum absolute atomic E-state index is 0.0890. The molecule has 0 unspecified atom stereocenters. The van der Waals surface area contributed by atoms with Gasteiger partial charge in [-0.3, -0.25) is 19.4 Å². The standard InChI is InChI=1S/C31H30N2O6.C30H28N2O6/c1-22-28(32-30(38-22)25-9-5-4-6-10-25)11-7-8-23-12-14-24(15-13-23)20-33(21-29(34)37-3)31(35)39-27-18-16-26(36-2)17-19-27;1-21-27(31-29(37-21)24-8-4-3-5-9-24)10-6-7-22-11-13-23(14-12-22)19-32(20-28(33)34)30(35)38-26-17-15-25(36-2)16-18-26/h4-10,12-19H,11,20-21H2,1-3H3;3-9,11-18H,10,19-20H2,1-2H3,(H,33,34)/b8-7-;7-6-. The number of esters is 1. The SMILES string of the molecule is COC(=O)CN(Cc1ccc(/C=C\Cc2nc(-c3ccccc3)oc2C)cc1)C(=O)Oc1ccc(OC)cc1.COc1ccc(OC(=O)N(CC(=O)O)Cc2ccc(/C=C\Cc3nc(-c4ccccc4)oc3C)cc2)cc1. The van der Waals surface area contributed by atoms with Crippen LogP contribution in [-0.4, -0.2) is 83.4 Å². The van der Waals surface area contributed by atoms with Crippen molar-refractivity contribution in [1.82, 2.24) is 19.8 Å². The van der Waals surface area contributed by atoms with Crippen LogP contribution in [-0.2, 0) is 40.3 Å². The monoisotopic (exact) mass is 1040 g/mol. The number of carboxylic acid groups (broad SMARTS) is 1. The molecule has 8 rings (SSSR count). The van der Waals surface area contributed by atoms with Crippen molar-refractivity contribution in [2.24, 2.45) is 0 Å². The topological polar surface area (TPSA) is 193 Å². The van der Waals surface area contributed by atoms with Gasteiger partial charge in [-0.25, -0.2) is 19.6 Å². The number of amides is 2. The van der Waals surface area contributed by atoms with Crippen LogP contribution in [0.2, 0.25) is 0 Å². The first kappa shape index (κ1) is 55.1. The Labute approximate surface area is 446 Å². The first-order chi connectivity index (χ1) is 37.4. The van der Waals surface area contributed by atoms with Crippen molar-refractivity contribution in [3.63, 3.8) is 0 Å². The molecule has 0 aliphatic carbocycles. The molecule has 0 atom stereocenters. The molecule has 0 radical (unpaired) electrons. The van der Waals surface area contributed by atoms with Gasteiger partial charge in [-0.15, -0.1) is 0 Å². The van der Waals surface area contributed by atoms with Gasteiger partial charge in [-0.2, -0.15) is 0 Å². The van der Waals surface area contributed by atoms with Gasteiger partial charge in [0.1, 0.15) is 47.6 Å². The normalized spacial score (nSPS) is 10.9. The molecule has 0 spiro atoms. The second-order valence-electron chi connectivity index (χ2n) is 17.2. The van der Waals surface area contributed by atoms with E-state index in [1.54, 1.807) is 55.6 Å². The number of aryl methyl sites for hydroxylation is 2. The Kier molecular flexibility index (Phi) is 19.7. The second-order valence-corrected chi connectivity index (χ2v) is 17.2. The lowest BCUT2D eigenvalue weighted by molar-refractivity contribution is -0.141. The van der Waals surface area contributed by atoms with Crippen LogP contribution in [0.3, 0.4) is 0 Å². The molecular weight excluding hydrogens is 981 g/mol. The molecule has 0 saturated carbocycles. The maximum Gasteiger partial charge on any atom is 0.416 e. The summed E-state index contributed by atoms with van der Waals surface area (Å²) >= 11 is 0. The predicted molar refractivity (Wildman–Crippen MR) is 290 cm³/mol. The lowest BCUT2D eigenvalue weighted by atomic mass is 10.1. The molecule has 8 aromatic rings. The number of carbonyl (C=O) groups is 4. The Bertz CT molecular complexity index is 3240. The minimum atomic E-state index is -1.13. The fourth-order valence-electron chi connectivity index (χ4n) is 7.54. The third kappa shape index (κ3) is 16.7. The number of ether oxygens (including phenoxy) is 5. The van der Waals surface area contributed by atoms with E-state index >= 15 is 0 Å². The van der Waals surface area contributed by atoms with Crippen molar-refractivity contribution in [2.75, 3.05) is 34.4 Å². The van der Waals surface area contributed by atoms with E-state index in [1.165, 1.54) is 19.1 Å². The summed E-state index contributed by atoms with van der Waals surface area (Å²) in [7, 11) is 4.37. The first-order valence-electron chi connectivity index (χ1n) is 24.4. The molecular formula is C61H58N4O12. The van der Waals surface area contributed by atoms with Gasteiger partial charge in [0.25, 0.3) is 0 Å². The Morgan fingerprint density at radius 1 is 0.506 bits per heavy atom. The van der Waals surface area contributed by atoms with Crippen molar-refractivity contribution in [1.29, 1.82) is 0 Å². The van der Waals surface area contributed by atoms with Crippen LogP contribution in [0.25, 0.3) is 35.1 Å². The van der Waals surface area contributed by atoms with E-state index in [-0.39, 0.29) is 19.6 Å². The lowest BCUT2D eigenvalue weighted by Gasteiger charge is -2.21. The van der Waals surface area contributed by atoms with E-state index in [1.807, 2.05) is 147 Å². The van der Waals surface area contributed by atoms with Crippen LogP contribution in [0.1, 0.15) is 45.2 Å². The molecule has 16 nitrogen and oxygen atoms in total. The summed E-state index contributed by atoms with van der Waals surface area (Å²) in [6.45, 7) is 3.35. The molecule has 77 heavy (non-hydrogen) atoms. The molecule has 2 aromatic heterocycles. The van der Waals surface area contributed by atoms with Gasteiger partial charge in [0, 0.05) is 37.1 Å². The molecule has 2 heterocycles. The Hall–Kier alpha value is -9.70. The number of aliphatic carboxylic acids is 1. The van der Waals surface area contributed by atoms with Crippen molar-refractivity contribution in [2.45, 2.75) is 39.8 Å². The number of nitrogens with zero attached hydrogens (tertiary/aromatic N) is 4. The molecule has 0 aliphatic heterocycles. The third-order valence-electron chi connectivity index (χ3n) is 11.7. The molecule has 16 heteroatoms. The van der Waals surface area contributed by atoms with Crippen LogP contribution in [0.5, 0.6) is 23.0 Å². The van der Waals surface area contributed by atoms with Crippen molar-refractivity contribution in [3.8, 4) is 45.9 Å². The zero-order valence-corrected chi connectivity index (χ0v) is 43.3. The maximum absolute atomic E-state index is 12.8. The summed E-state index contributed by atoms with van der Waals surface area (Å²) < 4.78 is 37.4. The van der Waals surface area contributed by atoms with Crippen LogP contribution in [0.15, 0.2) is 179 Å². The number of aromatic nitrogens is 2. The van der Waals surface area contributed by atoms with E-state index in [4.69, 9.17) is 32.5 Å². The van der Waals surface area contributed by atoms with Crippen molar-refractivity contribution >= 4 is 36.3 Å². The highest BCUT2D eigenvalue weighted by Gasteiger charge is 2.22. The molecule has 0 bridgehead atoms. The van der Waals surface area contributed by atoms with E-state index < -0.39 is 30.7 Å². The van der Waals surface area contributed by atoms with E-state index in [0.717, 1.165) is 61.2 Å². The van der Waals surface area contributed by atoms with Gasteiger partial charge in [0.05, 0.1) is 32.7 Å². The predicted octanol–water partition coefficient (Wildman–Crippen LogP) is 12.1. The first-order valence-corrected chi connectivity index (χ1v) is 24.4. The average Bonchev–Trinajstić information content (AvgIpc) is 4.02. The number of carboxylic acids is 1. The Morgan fingerprint density at radius 3 is 1.25 bits per heavy atom. The van der Waals surface area contributed by atoms with E-state index in [2.05, 4.69) is 9.97 Å². The molecule has 394 valence electrons. The fourth-order valence-corrected chi connectivity index (χ4v) is 7.54. The van der Waals surface area contributed by atoms with Gasteiger partial charge in [0.15, 0.2) is 0 Å². The Morgan fingerprint density at radius 2 is 0.883 bits per heavy atom. The number of rotatable bonds is 20. The number of methoxy groups -OCH3 is 3. The average molecular weight is 1040 g/mol. The summed E-state index contributed by atoms with van der Waals surface area (Å²) in [6, 6.07) is 47.9. The zero-order valence-electron chi connectivity index (χ0n) is 43.3. The van der Waals surface area contributed by atoms with Gasteiger partial charge in [-0.1, -0.05) is 109 Å². The van der Waals surface area contributed by atoms with Crippen molar-refractivity contribution < 1.29 is 56.8 Å². The number of hydrogen-bond donors (Lipinski definition) is 1. The molecule has 0 fully saturated rings. The maximum atomic E-state index is 12.8. The summed E-state index contributed by atoms with van der Waals surface area (Å²) in [5.41, 5.74) is 7.20. The van der Waals surface area contributed by atoms with Crippen LogP contribution in [0.4, 0.5) is 9.59 Å². The molecule has 1 N–H and O–H groups in total. The summed E-state index contributed by atoms with van der Waals surface area (Å²) in [5, 5.41) is 9.28. The van der Waals surface area contributed by atoms with Crippen molar-refractivity contribution in [3.05, 3.63) is 215 Å². The summed E-state index contributed by atoms with van der Waals surface area (Å²) in [4.78, 5) is 60.4. The number of oxazole rings is 2. The molecule has 2 amide bonds. The quantitative estimate of drug-likeness (QED) is 0.0708. The summed E-state index contributed by atoms with van der Waals surface area (Å²) in [5.74, 6) is 3.02. The van der Waals surface area contributed by atoms with Gasteiger partial charge >= 0.3 is 24.1 Å². The van der Waals surface area contributed by atoms with E-state index in [9.17, 15) is 24.3 Å². The van der Waals surface area contributed by atoms with Gasteiger partial charge in [-0.05, 0) is 109 Å². The number of allylic oxidation sites excluding steroid dienone is 2. The highest BCUT2D eigenvalue weighted by atomic mass is 16.6. The van der Waals surface area contributed by atoms with Gasteiger partial charge in [0.2, 0.25) is 11.8 Å². The Balaban J connectivity index is 0.000000224. The highest BCUT2D eigenvalue weighted by Crippen LogP contribution is 2.25.